The third kappa shape index (κ3) is 7.03. The maximum Gasteiger partial charge on any atom is 0.251 e. The fraction of sp³-hybridized carbons (Fsp3) is 0.433. The van der Waals surface area contributed by atoms with Crippen molar-refractivity contribution in [2.24, 2.45) is 0 Å². The lowest BCUT2D eigenvalue weighted by molar-refractivity contribution is -0.121. The number of hydrogen-bond acceptors (Lipinski definition) is 4. The van der Waals surface area contributed by atoms with E-state index >= 15 is 0 Å². The zero-order chi connectivity index (χ0) is 25.3. The second kappa shape index (κ2) is 12.8. The van der Waals surface area contributed by atoms with Crippen LogP contribution in [0.5, 0.6) is 0 Å². The number of aromatic nitrogens is 1. The molecule has 2 aromatic carbocycles. The average molecular weight is 504 g/mol. The molecule has 0 bridgehead atoms. The van der Waals surface area contributed by atoms with Crippen LogP contribution in [-0.4, -0.2) is 29.9 Å². The van der Waals surface area contributed by atoms with Gasteiger partial charge in [0.05, 0.1) is 16.1 Å². The van der Waals surface area contributed by atoms with Crippen molar-refractivity contribution in [1.82, 2.24) is 15.6 Å². The Kier molecular flexibility index (Phi) is 9.29. The van der Waals surface area contributed by atoms with Crippen molar-refractivity contribution < 1.29 is 9.59 Å². The summed E-state index contributed by atoms with van der Waals surface area (Å²) in [7, 11) is 0. The highest BCUT2D eigenvalue weighted by atomic mass is 32.1. The molecule has 1 aromatic heterocycles. The lowest BCUT2D eigenvalue weighted by Gasteiger charge is -2.13. The Morgan fingerprint density at radius 3 is 2.39 bits per heavy atom. The predicted molar refractivity (Wildman–Crippen MR) is 148 cm³/mol. The molecule has 0 unspecified atom stereocenters. The number of unbranched alkanes of at least 4 members (excludes halogenated alkanes) is 3. The molecule has 1 aliphatic rings. The molecule has 0 saturated heterocycles. The average Bonchev–Trinajstić information content (AvgIpc) is 3.53. The van der Waals surface area contributed by atoms with Crippen LogP contribution < -0.4 is 10.6 Å². The fourth-order valence-corrected chi connectivity index (χ4v) is 5.67. The molecule has 5 nitrogen and oxygen atoms in total. The number of rotatable bonds is 12. The van der Waals surface area contributed by atoms with Crippen LogP contribution in [0.2, 0.25) is 0 Å². The predicted octanol–water partition coefficient (Wildman–Crippen LogP) is 6.21. The van der Waals surface area contributed by atoms with Crippen LogP contribution in [0.1, 0.15) is 84.1 Å². The second-order valence-electron chi connectivity index (χ2n) is 9.85. The van der Waals surface area contributed by atoms with Gasteiger partial charge in [-0.25, -0.2) is 4.98 Å². The van der Waals surface area contributed by atoms with Crippen LogP contribution in [0.3, 0.4) is 0 Å². The van der Waals surface area contributed by atoms with E-state index in [0.29, 0.717) is 19.5 Å². The Balaban J connectivity index is 1.06. The maximum atomic E-state index is 12.4. The Labute approximate surface area is 218 Å². The minimum Gasteiger partial charge on any atom is -0.356 e. The van der Waals surface area contributed by atoms with E-state index in [9.17, 15) is 9.59 Å². The maximum absolute atomic E-state index is 12.4. The molecule has 0 radical (unpaired) electrons. The Bertz CT molecular complexity index is 1170. The molecule has 190 valence electrons. The van der Waals surface area contributed by atoms with Crippen molar-refractivity contribution in [3.63, 3.8) is 0 Å². The van der Waals surface area contributed by atoms with Crippen molar-refractivity contribution in [2.75, 3.05) is 13.1 Å². The summed E-state index contributed by atoms with van der Waals surface area (Å²) in [6.07, 6.45) is 7.92. The number of aryl methyl sites for hydroxylation is 3. The summed E-state index contributed by atoms with van der Waals surface area (Å²) in [5.74, 6) is 0.307. The molecule has 0 aliphatic heterocycles. The van der Waals surface area contributed by atoms with Gasteiger partial charge < -0.3 is 10.6 Å². The van der Waals surface area contributed by atoms with Gasteiger partial charge in [-0.3, -0.25) is 9.59 Å². The number of thiazole rings is 1. The number of benzene rings is 2. The topological polar surface area (TPSA) is 71.1 Å². The van der Waals surface area contributed by atoms with E-state index in [4.69, 9.17) is 0 Å². The molecule has 1 heterocycles. The van der Waals surface area contributed by atoms with E-state index < -0.39 is 0 Å². The molecule has 0 spiro atoms. The fourth-order valence-electron chi connectivity index (χ4n) is 4.86. The number of amides is 2. The molecular weight excluding hydrogens is 466 g/mol. The van der Waals surface area contributed by atoms with E-state index in [1.54, 1.807) is 11.3 Å². The first-order chi connectivity index (χ1) is 17.5. The SMILES string of the molecule is Cc1ncsc1-c1ccc([C@@H](C)CC(=O)NCCCCCCNC(=O)c2ccc3c(c2)CCC3)cc1. The highest BCUT2D eigenvalue weighted by Crippen LogP contribution is 2.29. The summed E-state index contributed by atoms with van der Waals surface area (Å²) in [5, 5.41) is 6.10. The van der Waals surface area contributed by atoms with E-state index in [2.05, 4.69) is 58.9 Å². The molecule has 6 heteroatoms. The van der Waals surface area contributed by atoms with Gasteiger partial charge in [0, 0.05) is 25.1 Å². The van der Waals surface area contributed by atoms with Gasteiger partial charge in [0.15, 0.2) is 0 Å². The van der Waals surface area contributed by atoms with Crippen molar-refractivity contribution in [3.8, 4) is 10.4 Å². The molecule has 2 N–H and O–H groups in total. The monoisotopic (exact) mass is 503 g/mol. The van der Waals surface area contributed by atoms with Crippen LogP contribution >= 0.6 is 11.3 Å². The van der Waals surface area contributed by atoms with Gasteiger partial charge in [0.25, 0.3) is 5.91 Å². The van der Waals surface area contributed by atoms with E-state index in [-0.39, 0.29) is 17.7 Å². The van der Waals surface area contributed by atoms with E-state index in [0.717, 1.165) is 49.8 Å². The Morgan fingerprint density at radius 2 is 1.67 bits per heavy atom. The molecule has 2 amide bonds. The number of carbonyl (C=O) groups excluding carboxylic acids is 2. The largest absolute Gasteiger partial charge is 0.356 e. The summed E-state index contributed by atoms with van der Waals surface area (Å²) in [5.41, 5.74) is 8.79. The molecule has 0 fully saturated rings. The summed E-state index contributed by atoms with van der Waals surface area (Å²) < 4.78 is 0. The minimum atomic E-state index is 0.0272. The smallest absolute Gasteiger partial charge is 0.251 e. The Morgan fingerprint density at radius 1 is 0.944 bits per heavy atom. The first kappa shape index (κ1) is 26.1. The van der Waals surface area contributed by atoms with Crippen molar-refractivity contribution in [3.05, 3.63) is 75.9 Å². The first-order valence-corrected chi connectivity index (χ1v) is 14.1. The molecule has 1 atom stereocenters. The van der Waals surface area contributed by atoms with Gasteiger partial charge in [-0.05, 0) is 79.3 Å². The molecule has 1 aliphatic carbocycles. The van der Waals surface area contributed by atoms with E-state index in [1.807, 2.05) is 18.5 Å². The Hall–Kier alpha value is -2.99. The number of nitrogens with zero attached hydrogens (tertiary/aromatic N) is 1. The highest BCUT2D eigenvalue weighted by Gasteiger charge is 2.14. The van der Waals surface area contributed by atoms with E-state index in [1.165, 1.54) is 33.6 Å². The summed E-state index contributed by atoms with van der Waals surface area (Å²) in [4.78, 5) is 30.3. The van der Waals surface area contributed by atoms with Crippen LogP contribution in [-0.2, 0) is 17.6 Å². The van der Waals surface area contributed by atoms with Crippen molar-refractivity contribution in [2.45, 2.75) is 71.1 Å². The van der Waals surface area contributed by atoms with Gasteiger partial charge in [-0.1, -0.05) is 50.1 Å². The van der Waals surface area contributed by atoms with Crippen LogP contribution in [0.25, 0.3) is 10.4 Å². The van der Waals surface area contributed by atoms with Crippen molar-refractivity contribution >= 4 is 23.2 Å². The summed E-state index contributed by atoms with van der Waals surface area (Å²) in [6, 6.07) is 14.6. The normalized spacial score (nSPS) is 13.3. The quantitative estimate of drug-likeness (QED) is 0.289. The van der Waals surface area contributed by atoms with Gasteiger partial charge in [-0.2, -0.15) is 0 Å². The van der Waals surface area contributed by atoms with Gasteiger partial charge in [0.1, 0.15) is 0 Å². The van der Waals surface area contributed by atoms with Crippen molar-refractivity contribution in [1.29, 1.82) is 0 Å². The molecule has 0 saturated carbocycles. The lowest BCUT2D eigenvalue weighted by Crippen LogP contribution is -2.26. The van der Waals surface area contributed by atoms with Gasteiger partial charge in [-0.15, -0.1) is 11.3 Å². The third-order valence-electron chi connectivity index (χ3n) is 7.05. The molecule has 36 heavy (non-hydrogen) atoms. The molecule has 4 rings (SSSR count). The summed E-state index contributed by atoms with van der Waals surface area (Å²) in [6.45, 7) is 5.53. The van der Waals surface area contributed by atoms with Crippen LogP contribution in [0, 0.1) is 6.92 Å². The first-order valence-electron chi connectivity index (χ1n) is 13.2. The number of hydrogen-bond donors (Lipinski definition) is 2. The second-order valence-corrected chi connectivity index (χ2v) is 10.7. The zero-order valence-corrected chi connectivity index (χ0v) is 22.3. The van der Waals surface area contributed by atoms with Gasteiger partial charge in [0.2, 0.25) is 5.91 Å². The lowest BCUT2D eigenvalue weighted by atomic mass is 9.96. The standard InChI is InChI=1S/C30H37N3O2S/c1-21(23-10-13-25(14-11-23)29-22(2)33-20-36-29)18-28(34)31-16-5-3-4-6-17-32-30(35)27-15-12-24-8-7-9-26(24)19-27/h10-15,19-21H,3-9,16-18H2,1-2H3,(H,31,34)(H,32,35)/t21-/m0/s1. The molecular formula is C30H37N3O2S. The number of carbonyl (C=O) groups is 2. The third-order valence-corrected chi connectivity index (χ3v) is 8.03. The number of nitrogens with one attached hydrogen (secondary N) is 2. The minimum absolute atomic E-state index is 0.0272. The summed E-state index contributed by atoms with van der Waals surface area (Å²) >= 11 is 1.65. The highest BCUT2D eigenvalue weighted by molar-refractivity contribution is 7.13. The number of fused-ring (bicyclic) bond motifs is 1. The molecule has 3 aromatic rings. The van der Waals surface area contributed by atoms with Crippen LogP contribution in [0.4, 0.5) is 0 Å². The zero-order valence-electron chi connectivity index (χ0n) is 21.4. The van der Waals surface area contributed by atoms with Gasteiger partial charge >= 0.3 is 0 Å². The van der Waals surface area contributed by atoms with Crippen LogP contribution in [0.15, 0.2) is 48.0 Å².